The molecule has 0 saturated carbocycles. The van der Waals surface area contributed by atoms with Crippen LogP contribution in [-0.4, -0.2) is 16.7 Å². The third-order valence-electron chi connectivity index (χ3n) is 1.21. The summed E-state index contributed by atoms with van der Waals surface area (Å²) < 4.78 is 19.6. The summed E-state index contributed by atoms with van der Waals surface area (Å²) in [5, 5.41) is 2.66. The Morgan fingerprint density at radius 2 is 2.47 bits per heavy atom. The molecule has 1 heterocycles. The van der Waals surface area contributed by atoms with Gasteiger partial charge in [-0.05, 0) is 20.8 Å². The summed E-state index contributed by atoms with van der Waals surface area (Å²) >= 11 is 6.44. The molecule has 1 amide bonds. The molecule has 1 N–H and O–H groups in total. The number of carbonyl (C=O) groups is 1. The Labute approximate surface area is 100 Å². The maximum absolute atomic E-state index is 11.4. The Bertz CT molecular complexity index is 412. The molecule has 0 bridgehead atoms. The zero-order valence-corrected chi connectivity index (χ0v) is 10.2. The lowest BCUT2D eigenvalue weighted by molar-refractivity contribution is 0.0636. The van der Waals surface area contributed by atoms with Gasteiger partial charge in [-0.3, -0.25) is 5.32 Å². The average molecular weight is 251 g/mol. The van der Waals surface area contributed by atoms with Crippen LogP contribution in [0.15, 0.2) is 6.20 Å². The number of nitrogens with zero attached hydrogens (tertiary/aromatic N) is 1. The van der Waals surface area contributed by atoms with Crippen LogP contribution < -0.4 is 5.32 Å². The van der Waals surface area contributed by atoms with Crippen LogP contribution in [0.2, 0.25) is 0 Å². The van der Waals surface area contributed by atoms with E-state index in [1.165, 1.54) is 6.20 Å². The lowest BCUT2D eigenvalue weighted by Crippen LogP contribution is -2.27. The minimum absolute atomic E-state index is 0.227. The first-order valence-electron chi connectivity index (χ1n) is 5.23. The van der Waals surface area contributed by atoms with Crippen molar-refractivity contribution in [3.05, 3.63) is 11.1 Å². The van der Waals surface area contributed by atoms with E-state index in [1.807, 2.05) is 0 Å². The highest BCUT2D eigenvalue weighted by Crippen LogP contribution is 2.20. The number of hydrogen-bond donors (Lipinski definition) is 1. The second-order valence-electron chi connectivity index (χ2n) is 3.75. The Balaban J connectivity index is 2.65. The second kappa shape index (κ2) is 4.81. The molecular weight excluding hydrogens is 236 g/mol. The number of amides is 1. The topological polar surface area (TPSA) is 51.2 Å². The zero-order chi connectivity index (χ0) is 13.3. The van der Waals surface area contributed by atoms with Crippen LogP contribution >= 0.6 is 22.9 Å². The number of thiazole rings is 1. The predicted octanol–water partition coefficient (Wildman–Crippen LogP) is 3.23. The van der Waals surface area contributed by atoms with E-state index in [0.29, 0.717) is 0 Å². The van der Waals surface area contributed by atoms with E-state index in [2.05, 4.69) is 10.3 Å². The van der Waals surface area contributed by atoms with Gasteiger partial charge in [0, 0.05) is 13.8 Å². The third-order valence-corrected chi connectivity index (χ3v) is 2.35. The first-order chi connectivity index (χ1) is 7.58. The molecule has 0 fully saturated rings. The monoisotopic (exact) mass is 250 g/mol. The minimum Gasteiger partial charge on any atom is -0.444 e. The van der Waals surface area contributed by atoms with Crippen LogP contribution in [0.5, 0.6) is 0 Å². The number of anilines is 1. The molecule has 0 spiro atoms. The van der Waals surface area contributed by atoms with Gasteiger partial charge in [-0.25, -0.2) is 9.78 Å². The van der Waals surface area contributed by atoms with Crippen molar-refractivity contribution in [3.8, 4) is 0 Å². The molecule has 1 rings (SSSR count). The Kier molecular flexibility index (Phi) is 3.02. The molecule has 0 aliphatic carbocycles. The summed E-state index contributed by atoms with van der Waals surface area (Å²) in [5.74, 6) is -1.98. The van der Waals surface area contributed by atoms with E-state index < -0.39 is 17.5 Å². The molecule has 1 aromatic rings. The lowest BCUT2D eigenvalue weighted by atomic mass is 10.2. The highest BCUT2D eigenvalue weighted by Gasteiger charge is 2.17. The lowest BCUT2D eigenvalue weighted by Gasteiger charge is -2.18. The van der Waals surface area contributed by atoms with Gasteiger partial charge in [0.1, 0.15) is 5.60 Å². The number of aromatic nitrogens is 1. The number of rotatable bonds is 2. The molecule has 0 aromatic carbocycles. The van der Waals surface area contributed by atoms with Gasteiger partial charge in [-0.1, -0.05) is 0 Å². The van der Waals surface area contributed by atoms with Crippen molar-refractivity contribution in [2.24, 2.45) is 0 Å². The molecule has 84 valence electrons. The number of ether oxygens (including phenoxy) is 1. The van der Waals surface area contributed by atoms with Gasteiger partial charge >= 0.3 is 6.09 Å². The first-order valence-corrected chi connectivity index (χ1v) is 5.42. The van der Waals surface area contributed by atoms with Crippen molar-refractivity contribution in [1.82, 2.24) is 4.98 Å². The van der Waals surface area contributed by atoms with Gasteiger partial charge in [0.05, 0.1) is 5.83 Å². The summed E-state index contributed by atoms with van der Waals surface area (Å²) in [5.41, 5.74) is -0.592. The molecule has 0 aliphatic heterocycles. The molecule has 4 nitrogen and oxygen atoms in total. The van der Waals surface area contributed by atoms with E-state index in [0.717, 1.165) is 11.3 Å². The fraction of sp³-hybridized carbons (Fsp3) is 0.556. The van der Waals surface area contributed by atoms with Crippen LogP contribution in [-0.2, 0) is 10.6 Å². The maximum atomic E-state index is 11.4. The van der Waals surface area contributed by atoms with Crippen molar-refractivity contribution in [3.63, 3.8) is 0 Å². The highest BCUT2D eigenvalue weighted by atomic mass is 35.5. The molecule has 0 saturated heterocycles. The Hall–Kier alpha value is -0.810. The largest absolute Gasteiger partial charge is 0.444 e. The van der Waals surface area contributed by atoms with E-state index in [1.54, 1.807) is 20.8 Å². The maximum Gasteiger partial charge on any atom is 0.413 e. The summed E-state index contributed by atoms with van der Waals surface area (Å²) in [6.07, 6.45) is 0.651. The normalized spacial score (nSPS) is 14.1. The highest BCUT2D eigenvalue weighted by molar-refractivity contribution is 7.15. The number of carbonyl (C=O) groups excluding carboxylic acids is 1. The van der Waals surface area contributed by atoms with Gasteiger partial charge in [0.25, 0.3) is 0 Å². The van der Waals surface area contributed by atoms with Crippen molar-refractivity contribution < 1.29 is 12.3 Å². The minimum atomic E-state index is -1.98. The van der Waals surface area contributed by atoms with Gasteiger partial charge in [0.2, 0.25) is 0 Å². The Morgan fingerprint density at radius 1 is 1.80 bits per heavy atom. The number of halogens is 1. The van der Waals surface area contributed by atoms with Crippen molar-refractivity contribution in [2.75, 3.05) is 5.32 Å². The first kappa shape index (κ1) is 9.42. The van der Waals surface area contributed by atoms with Crippen LogP contribution in [0.3, 0.4) is 0 Å². The molecule has 0 unspecified atom stereocenters. The number of hydrogen-bond acceptors (Lipinski definition) is 4. The van der Waals surface area contributed by atoms with Crippen LogP contribution in [0, 0.1) is 0 Å². The van der Waals surface area contributed by atoms with E-state index >= 15 is 0 Å². The quantitative estimate of drug-likeness (QED) is 0.820. The van der Waals surface area contributed by atoms with E-state index in [4.69, 9.17) is 19.1 Å². The molecule has 0 radical (unpaired) electrons. The number of nitrogens with one attached hydrogen (secondary N) is 1. The summed E-state index contributed by atoms with van der Waals surface area (Å²) in [6.45, 7) is 5.24. The fourth-order valence-corrected chi connectivity index (χ4v) is 1.52. The molecule has 6 heteroatoms. The van der Waals surface area contributed by atoms with Gasteiger partial charge < -0.3 is 4.74 Å². The zero-order valence-electron chi connectivity index (χ0n) is 10.6. The van der Waals surface area contributed by atoms with Crippen LogP contribution in [0.1, 0.15) is 28.4 Å². The van der Waals surface area contributed by atoms with E-state index in [9.17, 15) is 4.79 Å². The molecule has 0 aliphatic rings. The summed E-state index contributed by atoms with van der Waals surface area (Å²) in [6, 6.07) is 0. The standard InChI is InChI=1S/C9H13ClN2O2S/c1-9(2,3)14-8(13)12-7-11-5-6(4-10)15-7/h5H,4H2,1-3H3,(H,11,12,13)/i4D2. The van der Waals surface area contributed by atoms with Crippen molar-refractivity contribution in [1.29, 1.82) is 0 Å². The Morgan fingerprint density at radius 3 is 2.93 bits per heavy atom. The SMILES string of the molecule is [2H]C([2H])(Cl)c1cnc(NC(=O)OC(C)(C)C)s1. The van der Waals surface area contributed by atoms with Crippen molar-refractivity contribution >= 4 is 34.2 Å². The van der Waals surface area contributed by atoms with Gasteiger partial charge in [0.15, 0.2) is 5.13 Å². The summed E-state index contributed by atoms with van der Waals surface area (Å²) in [7, 11) is 0. The van der Waals surface area contributed by atoms with Crippen LogP contribution in [0.25, 0.3) is 0 Å². The average Bonchev–Trinajstić information content (AvgIpc) is 2.47. The molecule has 15 heavy (non-hydrogen) atoms. The smallest absolute Gasteiger partial charge is 0.413 e. The number of alkyl halides is 1. The molecule has 1 aromatic heterocycles. The second-order valence-corrected chi connectivity index (χ2v) is 4.97. The third kappa shape index (κ3) is 4.48. The summed E-state index contributed by atoms with van der Waals surface area (Å²) in [4.78, 5) is 15.5. The molecular formula is C9H13ClN2O2S. The van der Waals surface area contributed by atoms with Crippen molar-refractivity contribution in [2.45, 2.75) is 32.2 Å². The van der Waals surface area contributed by atoms with Crippen LogP contribution in [0.4, 0.5) is 9.93 Å². The fourth-order valence-electron chi connectivity index (χ4n) is 0.767. The van der Waals surface area contributed by atoms with E-state index in [-0.39, 0.29) is 10.0 Å². The van der Waals surface area contributed by atoms with Gasteiger partial charge in [-0.2, -0.15) is 0 Å². The van der Waals surface area contributed by atoms with Gasteiger partial charge in [-0.15, -0.1) is 22.9 Å². The predicted molar refractivity (Wildman–Crippen MR) is 61.5 cm³/mol. The molecule has 0 atom stereocenters.